The first kappa shape index (κ1) is 15.2. The molecular weight excluding hydrogens is 288 g/mol. The minimum absolute atomic E-state index is 0.451. The lowest BCUT2D eigenvalue weighted by Crippen LogP contribution is -2.12. The van der Waals surface area contributed by atoms with Crippen molar-refractivity contribution in [2.24, 2.45) is 0 Å². The summed E-state index contributed by atoms with van der Waals surface area (Å²) in [6.45, 7) is 2.17. The van der Waals surface area contributed by atoms with E-state index in [0.29, 0.717) is 11.8 Å². The Balaban J connectivity index is 1.87. The van der Waals surface area contributed by atoms with Gasteiger partial charge in [0.25, 0.3) is 0 Å². The summed E-state index contributed by atoms with van der Waals surface area (Å²) in [5.41, 5.74) is 7.30. The van der Waals surface area contributed by atoms with Crippen molar-refractivity contribution in [1.29, 1.82) is 0 Å². The van der Waals surface area contributed by atoms with E-state index in [1.165, 1.54) is 47.1 Å². The zero-order valence-electron chi connectivity index (χ0n) is 14.3. The smallest absolute Gasteiger partial charge is 0.0161 e. The molecule has 0 aromatic heterocycles. The molecule has 0 aliphatic heterocycles. The van der Waals surface area contributed by atoms with E-state index in [4.69, 9.17) is 0 Å². The van der Waals surface area contributed by atoms with Crippen molar-refractivity contribution < 1.29 is 0 Å². The van der Waals surface area contributed by atoms with Crippen molar-refractivity contribution in [3.05, 3.63) is 107 Å². The molecule has 0 fully saturated rings. The van der Waals surface area contributed by atoms with Crippen LogP contribution < -0.4 is 0 Å². The Labute approximate surface area is 145 Å². The van der Waals surface area contributed by atoms with Crippen LogP contribution in [0.5, 0.6) is 0 Å². The summed E-state index contributed by atoms with van der Waals surface area (Å²) < 4.78 is 0. The van der Waals surface area contributed by atoms with Gasteiger partial charge < -0.3 is 0 Å². The first-order valence-corrected chi connectivity index (χ1v) is 9.02. The molecule has 1 aliphatic carbocycles. The van der Waals surface area contributed by atoms with Gasteiger partial charge in [-0.05, 0) is 54.4 Å². The highest BCUT2D eigenvalue weighted by atomic mass is 14.3. The Morgan fingerprint density at radius 3 is 2.21 bits per heavy atom. The van der Waals surface area contributed by atoms with Crippen molar-refractivity contribution in [1.82, 2.24) is 0 Å². The second-order valence-corrected chi connectivity index (χ2v) is 7.00. The maximum Gasteiger partial charge on any atom is 0.0161 e. The Hall–Kier alpha value is -2.34. The summed E-state index contributed by atoms with van der Waals surface area (Å²) >= 11 is 0. The molecule has 0 spiro atoms. The van der Waals surface area contributed by atoms with Crippen LogP contribution in [0, 0.1) is 6.92 Å². The second kappa shape index (κ2) is 6.65. The molecule has 0 saturated heterocycles. The minimum Gasteiger partial charge on any atom is -0.0622 e. The SMILES string of the molecule is Cc1ccc(C2c3ccccc3CCCC2c2ccccc2)cc1. The molecule has 0 saturated carbocycles. The van der Waals surface area contributed by atoms with Crippen LogP contribution in [0.2, 0.25) is 0 Å². The molecule has 0 heteroatoms. The summed E-state index contributed by atoms with van der Waals surface area (Å²) in [5.74, 6) is 1.00. The Morgan fingerprint density at radius 2 is 1.42 bits per heavy atom. The normalized spacial score (nSPS) is 20.2. The molecule has 3 aromatic carbocycles. The van der Waals surface area contributed by atoms with Gasteiger partial charge in [-0.25, -0.2) is 0 Å². The largest absolute Gasteiger partial charge is 0.0622 e. The molecule has 0 amide bonds. The third-order valence-electron chi connectivity index (χ3n) is 5.42. The van der Waals surface area contributed by atoms with Crippen molar-refractivity contribution in [2.45, 2.75) is 38.0 Å². The average Bonchev–Trinajstić information content (AvgIpc) is 2.83. The fourth-order valence-corrected chi connectivity index (χ4v) is 4.21. The second-order valence-electron chi connectivity index (χ2n) is 7.00. The molecule has 2 unspecified atom stereocenters. The minimum atomic E-state index is 0.451. The maximum atomic E-state index is 2.35. The maximum absolute atomic E-state index is 2.35. The van der Waals surface area contributed by atoms with Gasteiger partial charge in [0, 0.05) is 5.92 Å². The fraction of sp³-hybridized carbons (Fsp3) is 0.250. The predicted molar refractivity (Wildman–Crippen MR) is 102 cm³/mol. The number of hydrogen-bond acceptors (Lipinski definition) is 0. The molecule has 2 atom stereocenters. The Morgan fingerprint density at radius 1 is 0.708 bits per heavy atom. The van der Waals surface area contributed by atoms with Gasteiger partial charge >= 0.3 is 0 Å². The summed E-state index contributed by atoms with van der Waals surface area (Å²) in [7, 11) is 0. The van der Waals surface area contributed by atoms with Crippen LogP contribution in [0.1, 0.15) is 52.5 Å². The Bertz CT molecular complexity index is 799. The topological polar surface area (TPSA) is 0 Å². The molecule has 0 N–H and O–H groups in total. The van der Waals surface area contributed by atoms with Crippen molar-refractivity contribution in [3.8, 4) is 0 Å². The summed E-state index contributed by atoms with van der Waals surface area (Å²) in [5, 5.41) is 0. The van der Waals surface area contributed by atoms with E-state index in [-0.39, 0.29) is 0 Å². The molecule has 0 bridgehead atoms. The van der Waals surface area contributed by atoms with Gasteiger partial charge in [-0.15, -0.1) is 0 Å². The molecule has 1 aliphatic rings. The van der Waals surface area contributed by atoms with E-state index in [0.717, 1.165) is 0 Å². The Kier molecular flexibility index (Phi) is 4.21. The van der Waals surface area contributed by atoms with Crippen LogP contribution in [-0.4, -0.2) is 0 Å². The number of fused-ring (bicyclic) bond motifs is 1. The number of aryl methyl sites for hydroxylation is 2. The summed E-state index contributed by atoms with van der Waals surface area (Å²) in [6.07, 6.45) is 3.71. The van der Waals surface area contributed by atoms with Crippen molar-refractivity contribution in [2.75, 3.05) is 0 Å². The van der Waals surface area contributed by atoms with E-state index in [9.17, 15) is 0 Å². The monoisotopic (exact) mass is 312 g/mol. The van der Waals surface area contributed by atoms with Gasteiger partial charge in [0.15, 0.2) is 0 Å². The van der Waals surface area contributed by atoms with E-state index in [2.05, 4.69) is 85.8 Å². The fourth-order valence-electron chi connectivity index (χ4n) is 4.21. The van der Waals surface area contributed by atoms with Crippen LogP contribution in [-0.2, 0) is 6.42 Å². The summed E-state index contributed by atoms with van der Waals surface area (Å²) in [4.78, 5) is 0. The lowest BCUT2D eigenvalue weighted by atomic mass is 9.76. The lowest BCUT2D eigenvalue weighted by molar-refractivity contribution is 0.558. The molecule has 4 rings (SSSR count). The third kappa shape index (κ3) is 2.89. The van der Waals surface area contributed by atoms with Crippen LogP contribution in [0.15, 0.2) is 78.9 Å². The van der Waals surface area contributed by atoms with Gasteiger partial charge in [0.05, 0.1) is 0 Å². The first-order chi connectivity index (χ1) is 11.8. The standard InChI is InChI=1S/C24H24/c1-18-14-16-21(17-15-18)24-22-12-6-5-10-20(22)11-7-13-23(24)19-8-3-2-4-9-19/h2-6,8-10,12,14-17,23-24H,7,11,13H2,1H3. The quantitative estimate of drug-likeness (QED) is 0.491. The molecular formula is C24H24. The molecule has 120 valence electrons. The van der Waals surface area contributed by atoms with Gasteiger partial charge in [-0.3, -0.25) is 0 Å². The number of benzene rings is 3. The van der Waals surface area contributed by atoms with E-state index < -0.39 is 0 Å². The molecule has 24 heavy (non-hydrogen) atoms. The van der Waals surface area contributed by atoms with E-state index in [1.54, 1.807) is 0 Å². The molecule has 3 aromatic rings. The molecule has 0 heterocycles. The predicted octanol–water partition coefficient (Wildman–Crippen LogP) is 6.25. The number of hydrogen-bond donors (Lipinski definition) is 0. The highest BCUT2D eigenvalue weighted by Crippen LogP contribution is 2.45. The van der Waals surface area contributed by atoms with Crippen molar-refractivity contribution in [3.63, 3.8) is 0 Å². The van der Waals surface area contributed by atoms with Gasteiger partial charge in [0.1, 0.15) is 0 Å². The van der Waals surface area contributed by atoms with Crippen LogP contribution in [0.25, 0.3) is 0 Å². The zero-order chi connectivity index (χ0) is 16.4. The van der Waals surface area contributed by atoms with E-state index in [1.807, 2.05) is 0 Å². The van der Waals surface area contributed by atoms with Crippen LogP contribution in [0.4, 0.5) is 0 Å². The first-order valence-electron chi connectivity index (χ1n) is 9.02. The molecule has 0 radical (unpaired) electrons. The third-order valence-corrected chi connectivity index (χ3v) is 5.42. The van der Waals surface area contributed by atoms with Gasteiger partial charge in [-0.2, -0.15) is 0 Å². The summed E-state index contributed by atoms with van der Waals surface area (Å²) in [6, 6.07) is 29.3. The highest BCUT2D eigenvalue weighted by molar-refractivity contribution is 5.44. The van der Waals surface area contributed by atoms with Crippen molar-refractivity contribution >= 4 is 0 Å². The zero-order valence-corrected chi connectivity index (χ0v) is 14.3. The average molecular weight is 312 g/mol. The van der Waals surface area contributed by atoms with Crippen LogP contribution >= 0.6 is 0 Å². The highest BCUT2D eigenvalue weighted by Gasteiger charge is 2.29. The molecule has 0 nitrogen and oxygen atoms in total. The number of rotatable bonds is 2. The van der Waals surface area contributed by atoms with Gasteiger partial charge in [-0.1, -0.05) is 84.4 Å². The lowest BCUT2D eigenvalue weighted by Gasteiger charge is -2.28. The van der Waals surface area contributed by atoms with E-state index >= 15 is 0 Å². The van der Waals surface area contributed by atoms with Crippen LogP contribution in [0.3, 0.4) is 0 Å². The van der Waals surface area contributed by atoms with Gasteiger partial charge in [0.2, 0.25) is 0 Å².